The summed E-state index contributed by atoms with van der Waals surface area (Å²) in [5, 5.41) is 0. The second-order valence-electron chi connectivity index (χ2n) is 9.54. The number of hydrogen-bond acceptors (Lipinski definition) is 4. The molecule has 0 bridgehead atoms. The molecule has 2 atom stereocenters. The summed E-state index contributed by atoms with van der Waals surface area (Å²) in [5.41, 5.74) is -0.459. The van der Waals surface area contributed by atoms with E-state index in [0.717, 1.165) is 19.3 Å². The molecule has 1 heterocycles. The van der Waals surface area contributed by atoms with Crippen LogP contribution in [0.5, 0.6) is 0 Å². The smallest absolute Gasteiger partial charge is 0.410 e. The van der Waals surface area contributed by atoms with E-state index in [0.29, 0.717) is 24.9 Å². The molecule has 1 rings (SSSR count). The number of carbonyl (C=O) groups excluding carboxylic acids is 1. The Morgan fingerprint density at radius 2 is 1.72 bits per heavy atom. The monoisotopic (exact) mass is 374 g/mol. The predicted octanol–water partition coefficient (Wildman–Crippen LogP) is 4.10. The SMILES string of the molecule is CC(C)CC(N[S@+]([O-])C(C)(C)C)C1CCN(C(=O)OC(C)(C)C)CC1. The van der Waals surface area contributed by atoms with Gasteiger partial charge in [-0.1, -0.05) is 13.8 Å². The molecule has 1 unspecified atom stereocenters. The number of piperidine rings is 1. The van der Waals surface area contributed by atoms with E-state index in [2.05, 4.69) is 18.6 Å². The number of amides is 1. The number of hydrogen-bond donors (Lipinski definition) is 1. The highest BCUT2D eigenvalue weighted by Gasteiger charge is 2.35. The Kier molecular flexibility index (Phi) is 8.09. The van der Waals surface area contributed by atoms with E-state index in [9.17, 15) is 9.35 Å². The summed E-state index contributed by atoms with van der Waals surface area (Å²) in [6.07, 6.45) is 2.62. The van der Waals surface area contributed by atoms with Gasteiger partial charge in [0, 0.05) is 24.5 Å². The average molecular weight is 375 g/mol. The van der Waals surface area contributed by atoms with Crippen molar-refractivity contribution in [2.24, 2.45) is 11.8 Å². The fourth-order valence-electron chi connectivity index (χ4n) is 2.97. The maximum atomic E-state index is 12.5. The maximum Gasteiger partial charge on any atom is 0.410 e. The van der Waals surface area contributed by atoms with Crippen LogP contribution in [0.15, 0.2) is 0 Å². The van der Waals surface area contributed by atoms with Gasteiger partial charge in [0.1, 0.15) is 10.3 Å². The lowest BCUT2D eigenvalue weighted by molar-refractivity contribution is 0.0169. The van der Waals surface area contributed by atoms with E-state index in [1.54, 1.807) is 4.90 Å². The molecule has 5 nitrogen and oxygen atoms in total. The largest absolute Gasteiger partial charge is 0.598 e. The molecule has 1 fully saturated rings. The number of ether oxygens (including phenoxy) is 1. The summed E-state index contributed by atoms with van der Waals surface area (Å²) in [6.45, 7) is 17.5. The lowest BCUT2D eigenvalue weighted by Gasteiger charge is -2.38. The zero-order valence-corrected chi connectivity index (χ0v) is 18.2. The van der Waals surface area contributed by atoms with Crippen LogP contribution in [0, 0.1) is 11.8 Å². The fraction of sp³-hybridized carbons (Fsp3) is 0.947. The van der Waals surface area contributed by atoms with E-state index in [1.165, 1.54) is 0 Å². The number of rotatable bonds is 5. The Labute approximate surface area is 157 Å². The Morgan fingerprint density at radius 1 is 1.20 bits per heavy atom. The van der Waals surface area contributed by atoms with Crippen LogP contribution < -0.4 is 4.72 Å². The van der Waals surface area contributed by atoms with Crippen molar-refractivity contribution in [2.75, 3.05) is 13.1 Å². The summed E-state index contributed by atoms with van der Waals surface area (Å²) in [5.74, 6) is 0.978. The van der Waals surface area contributed by atoms with Gasteiger partial charge in [0.2, 0.25) is 0 Å². The quantitative estimate of drug-likeness (QED) is 0.736. The van der Waals surface area contributed by atoms with Gasteiger partial charge >= 0.3 is 6.09 Å². The molecule has 1 aliphatic rings. The minimum Gasteiger partial charge on any atom is -0.598 e. The summed E-state index contributed by atoms with van der Waals surface area (Å²) in [6, 6.07) is 0.223. The molecule has 1 aliphatic heterocycles. The van der Waals surface area contributed by atoms with Crippen LogP contribution in [0.2, 0.25) is 0 Å². The molecule has 0 aromatic rings. The lowest BCUT2D eigenvalue weighted by atomic mass is 9.85. The summed E-state index contributed by atoms with van der Waals surface area (Å²) >= 11 is -1.07. The molecule has 6 heteroatoms. The summed E-state index contributed by atoms with van der Waals surface area (Å²) in [4.78, 5) is 14.0. The number of nitrogens with zero attached hydrogens (tertiary/aromatic N) is 1. The second kappa shape index (κ2) is 8.96. The van der Waals surface area contributed by atoms with Crippen molar-refractivity contribution < 1.29 is 14.1 Å². The summed E-state index contributed by atoms with van der Waals surface area (Å²) < 4.78 is 21.1. The molecule has 0 spiro atoms. The first-order valence-corrected chi connectivity index (χ1v) is 10.6. The Morgan fingerprint density at radius 3 is 2.12 bits per heavy atom. The zero-order valence-electron chi connectivity index (χ0n) is 17.3. The van der Waals surface area contributed by atoms with Crippen LogP contribution in [0.4, 0.5) is 4.79 Å². The topological polar surface area (TPSA) is 64.6 Å². The highest BCUT2D eigenvalue weighted by atomic mass is 32.2. The third-order valence-corrected chi connectivity index (χ3v) is 5.93. The normalized spacial score (nSPS) is 19.8. The van der Waals surface area contributed by atoms with E-state index in [1.807, 2.05) is 41.5 Å². The third kappa shape index (κ3) is 8.18. The lowest BCUT2D eigenvalue weighted by Crippen LogP contribution is -2.51. The molecule has 1 N–H and O–H groups in total. The zero-order chi connectivity index (χ0) is 19.4. The number of likely N-dealkylation sites (tertiary alicyclic amines) is 1. The first-order chi connectivity index (χ1) is 11.3. The van der Waals surface area contributed by atoms with Gasteiger partial charge in [0.25, 0.3) is 0 Å². The van der Waals surface area contributed by atoms with Crippen molar-refractivity contribution >= 4 is 17.5 Å². The third-order valence-electron chi connectivity index (χ3n) is 4.30. The molecule has 148 valence electrons. The minimum atomic E-state index is -1.07. The van der Waals surface area contributed by atoms with E-state index in [-0.39, 0.29) is 16.9 Å². The summed E-state index contributed by atoms with van der Waals surface area (Å²) in [7, 11) is 0. The van der Waals surface area contributed by atoms with Gasteiger partial charge in [-0.15, -0.1) is 4.72 Å². The number of nitrogens with one attached hydrogen (secondary N) is 1. The van der Waals surface area contributed by atoms with E-state index >= 15 is 0 Å². The average Bonchev–Trinajstić information content (AvgIpc) is 2.43. The van der Waals surface area contributed by atoms with Gasteiger partial charge in [0.15, 0.2) is 0 Å². The van der Waals surface area contributed by atoms with Gasteiger partial charge < -0.3 is 14.2 Å². The van der Waals surface area contributed by atoms with E-state index in [4.69, 9.17) is 4.74 Å². The Bertz CT molecular complexity index is 421. The number of carbonyl (C=O) groups is 1. The minimum absolute atomic E-state index is 0.223. The van der Waals surface area contributed by atoms with Crippen molar-refractivity contribution in [3.8, 4) is 0 Å². The maximum absolute atomic E-state index is 12.5. The Balaban J connectivity index is 2.64. The van der Waals surface area contributed by atoms with Crippen LogP contribution in [-0.4, -0.2) is 45.0 Å². The molecule has 1 saturated heterocycles. The van der Waals surface area contributed by atoms with Crippen molar-refractivity contribution in [3.63, 3.8) is 0 Å². The highest BCUT2D eigenvalue weighted by Crippen LogP contribution is 2.27. The van der Waals surface area contributed by atoms with E-state index < -0.39 is 17.0 Å². The van der Waals surface area contributed by atoms with Crippen molar-refractivity contribution in [1.29, 1.82) is 0 Å². The van der Waals surface area contributed by atoms with Crippen LogP contribution in [0.3, 0.4) is 0 Å². The highest BCUT2D eigenvalue weighted by molar-refractivity contribution is 7.90. The van der Waals surface area contributed by atoms with Gasteiger partial charge in [-0.3, -0.25) is 0 Å². The fourth-order valence-corrected chi connectivity index (χ4v) is 3.89. The Hall–Kier alpha value is -0.460. The molecular formula is C19H38N2O3S. The van der Waals surface area contributed by atoms with Gasteiger partial charge in [0.05, 0.1) is 6.04 Å². The predicted molar refractivity (Wildman–Crippen MR) is 105 cm³/mol. The molecule has 1 amide bonds. The van der Waals surface area contributed by atoms with Crippen LogP contribution in [0.1, 0.15) is 74.7 Å². The molecule has 0 aromatic carbocycles. The van der Waals surface area contributed by atoms with Crippen molar-refractivity contribution in [2.45, 2.75) is 91.0 Å². The second-order valence-corrected chi connectivity index (χ2v) is 11.5. The van der Waals surface area contributed by atoms with Gasteiger partial charge in [-0.2, -0.15) is 0 Å². The van der Waals surface area contributed by atoms with Crippen LogP contribution in [0.25, 0.3) is 0 Å². The van der Waals surface area contributed by atoms with Crippen LogP contribution in [-0.2, 0) is 16.1 Å². The first-order valence-electron chi connectivity index (χ1n) is 9.45. The molecule has 0 aromatic heterocycles. The molecule has 0 saturated carbocycles. The van der Waals surface area contributed by atoms with Crippen molar-refractivity contribution in [3.05, 3.63) is 0 Å². The molecule has 0 radical (unpaired) electrons. The standard InChI is InChI=1S/C19H38N2O3S/c1-14(2)13-16(20-25(23)19(6,7)8)15-9-11-21(12-10-15)17(22)24-18(3,4)5/h14-16,20H,9-13H2,1-8H3/t16?,25-/m1/s1. The van der Waals surface area contributed by atoms with Crippen molar-refractivity contribution in [1.82, 2.24) is 9.62 Å². The molecule has 0 aliphatic carbocycles. The van der Waals surface area contributed by atoms with Gasteiger partial charge in [-0.05, 0) is 72.6 Å². The first kappa shape index (κ1) is 22.6. The van der Waals surface area contributed by atoms with Gasteiger partial charge in [-0.25, -0.2) is 4.79 Å². The molecular weight excluding hydrogens is 336 g/mol. The van der Waals surface area contributed by atoms with Crippen LogP contribution >= 0.6 is 0 Å². The molecule has 25 heavy (non-hydrogen) atoms.